The molecule has 0 radical (unpaired) electrons. The van der Waals surface area contributed by atoms with Gasteiger partial charge in [0.15, 0.2) is 6.10 Å². The molecule has 0 amide bonds. The van der Waals surface area contributed by atoms with Crippen molar-refractivity contribution in [3.05, 3.63) is 90.0 Å². The van der Waals surface area contributed by atoms with Gasteiger partial charge < -0.3 is 23.8 Å². The van der Waals surface area contributed by atoms with Crippen LogP contribution in [0.3, 0.4) is 0 Å². The Labute approximate surface area is 178 Å². The molecule has 3 aromatic carbocycles. The summed E-state index contributed by atoms with van der Waals surface area (Å²) in [6.45, 7) is 1.93. The summed E-state index contributed by atoms with van der Waals surface area (Å²) in [5.41, 5.74) is 1.89. The smallest absolute Gasteiger partial charge is 0.342 e. The molecule has 0 spiro atoms. The number of carbonyl (C=O) groups is 2. The fourth-order valence-corrected chi connectivity index (χ4v) is 3.36. The summed E-state index contributed by atoms with van der Waals surface area (Å²) in [5, 5.41) is 12.2. The molecular formula is C25H19O6-. The lowest BCUT2D eigenvalue weighted by molar-refractivity contribution is -0.314. The number of aliphatic carboxylic acids is 1. The van der Waals surface area contributed by atoms with Crippen LogP contribution in [0.1, 0.15) is 28.9 Å². The van der Waals surface area contributed by atoms with Crippen molar-refractivity contribution < 1.29 is 28.6 Å². The first-order valence-electron chi connectivity index (χ1n) is 9.80. The zero-order valence-corrected chi connectivity index (χ0v) is 16.7. The first-order chi connectivity index (χ1) is 15.1. The number of hydrogen-bond acceptors (Lipinski definition) is 6. The molecule has 1 atom stereocenters. The van der Waals surface area contributed by atoms with E-state index in [4.69, 9.17) is 13.9 Å². The summed E-state index contributed by atoms with van der Waals surface area (Å²) in [5.74, 6) is -1.26. The van der Waals surface area contributed by atoms with Gasteiger partial charge in [0.25, 0.3) is 0 Å². The summed E-state index contributed by atoms with van der Waals surface area (Å²) in [6.07, 6.45) is -1.30. The predicted octanol–water partition coefficient (Wildman–Crippen LogP) is 4.15. The molecule has 0 bridgehead atoms. The Bertz CT molecular complexity index is 1210. The molecule has 1 aromatic heterocycles. The molecular weight excluding hydrogens is 396 g/mol. The second-order valence-electron chi connectivity index (χ2n) is 6.78. The van der Waals surface area contributed by atoms with E-state index in [9.17, 15) is 14.7 Å². The zero-order chi connectivity index (χ0) is 21.8. The van der Waals surface area contributed by atoms with Crippen LogP contribution in [0.2, 0.25) is 0 Å². The molecule has 6 nitrogen and oxygen atoms in total. The van der Waals surface area contributed by atoms with Crippen LogP contribution in [0.25, 0.3) is 22.3 Å². The van der Waals surface area contributed by atoms with Crippen molar-refractivity contribution in [3.8, 4) is 17.1 Å². The minimum Gasteiger partial charge on any atom is -0.546 e. The monoisotopic (exact) mass is 415 g/mol. The van der Waals surface area contributed by atoms with E-state index < -0.39 is 18.0 Å². The summed E-state index contributed by atoms with van der Waals surface area (Å²) in [4.78, 5) is 24.4. The van der Waals surface area contributed by atoms with Crippen molar-refractivity contribution in [3.63, 3.8) is 0 Å². The molecule has 0 aliphatic rings. The van der Waals surface area contributed by atoms with Crippen LogP contribution in [-0.2, 0) is 9.53 Å². The standard InChI is InChI=1S/C25H20O6/c1-2-29-25(28)21-19-15-18(30-23(24(26)27)17-11-7-4-8-12-17)13-14-20(19)31-22(21)16-9-5-3-6-10-16/h3-15,23H,2H2,1H3,(H,26,27)/p-1/t23-/m0/s1. The van der Waals surface area contributed by atoms with Gasteiger partial charge in [0, 0.05) is 10.9 Å². The molecule has 156 valence electrons. The maximum atomic E-state index is 12.7. The Morgan fingerprint density at radius 3 is 2.29 bits per heavy atom. The van der Waals surface area contributed by atoms with Gasteiger partial charge in [-0.25, -0.2) is 4.79 Å². The summed E-state index contributed by atoms with van der Waals surface area (Å²) in [7, 11) is 0. The number of ether oxygens (including phenoxy) is 2. The topological polar surface area (TPSA) is 88.8 Å². The van der Waals surface area contributed by atoms with Crippen molar-refractivity contribution in [1.82, 2.24) is 0 Å². The zero-order valence-electron chi connectivity index (χ0n) is 16.7. The number of hydrogen-bond donors (Lipinski definition) is 0. The molecule has 0 saturated heterocycles. The average Bonchev–Trinajstić information content (AvgIpc) is 3.17. The van der Waals surface area contributed by atoms with Crippen LogP contribution in [0, 0.1) is 0 Å². The molecule has 0 unspecified atom stereocenters. The molecule has 0 fully saturated rings. The molecule has 1 heterocycles. The van der Waals surface area contributed by atoms with Gasteiger partial charge in [-0.3, -0.25) is 0 Å². The molecule has 4 rings (SSSR count). The van der Waals surface area contributed by atoms with Crippen molar-refractivity contribution >= 4 is 22.9 Å². The van der Waals surface area contributed by atoms with E-state index in [1.54, 1.807) is 55.5 Å². The summed E-state index contributed by atoms with van der Waals surface area (Å²) >= 11 is 0. The number of carboxylic acid groups (broad SMARTS) is 1. The predicted molar refractivity (Wildman–Crippen MR) is 112 cm³/mol. The minimum atomic E-state index is -1.37. The van der Waals surface area contributed by atoms with Gasteiger partial charge in [-0.2, -0.15) is 0 Å². The Balaban J connectivity index is 1.80. The Kier molecular flexibility index (Phi) is 5.71. The fourth-order valence-electron chi connectivity index (χ4n) is 3.36. The number of fused-ring (bicyclic) bond motifs is 1. The van der Waals surface area contributed by atoms with Gasteiger partial charge in [0.05, 0.1) is 12.6 Å². The van der Waals surface area contributed by atoms with E-state index in [0.717, 1.165) is 5.56 Å². The third-order valence-corrected chi connectivity index (χ3v) is 4.75. The fraction of sp³-hybridized carbons (Fsp3) is 0.120. The molecule has 0 saturated carbocycles. The Morgan fingerprint density at radius 2 is 1.65 bits per heavy atom. The van der Waals surface area contributed by atoms with Gasteiger partial charge in [0.1, 0.15) is 22.7 Å². The van der Waals surface area contributed by atoms with E-state index in [-0.39, 0.29) is 17.9 Å². The third-order valence-electron chi connectivity index (χ3n) is 4.75. The van der Waals surface area contributed by atoms with Crippen molar-refractivity contribution in [2.45, 2.75) is 13.0 Å². The van der Waals surface area contributed by atoms with Crippen LogP contribution in [-0.4, -0.2) is 18.5 Å². The van der Waals surface area contributed by atoms with Crippen molar-refractivity contribution in [2.75, 3.05) is 6.61 Å². The lowest BCUT2D eigenvalue weighted by Gasteiger charge is -2.20. The lowest BCUT2D eigenvalue weighted by atomic mass is 10.1. The molecule has 0 N–H and O–H groups in total. The molecule has 31 heavy (non-hydrogen) atoms. The highest BCUT2D eigenvalue weighted by atomic mass is 16.5. The van der Waals surface area contributed by atoms with Gasteiger partial charge in [0.2, 0.25) is 0 Å². The normalized spacial score (nSPS) is 11.8. The SMILES string of the molecule is CCOC(=O)c1c(-c2ccccc2)oc2ccc(O[C@H](C(=O)[O-])c3ccccc3)cc12. The third kappa shape index (κ3) is 4.14. The lowest BCUT2D eigenvalue weighted by Crippen LogP contribution is -2.33. The minimum absolute atomic E-state index is 0.205. The van der Waals surface area contributed by atoms with E-state index >= 15 is 0 Å². The number of benzene rings is 3. The van der Waals surface area contributed by atoms with E-state index in [0.29, 0.717) is 22.3 Å². The van der Waals surface area contributed by atoms with Crippen molar-refractivity contribution in [2.24, 2.45) is 0 Å². The molecule has 0 aliphatic carbocycles. The van der Waals surface area contributed by atoms with Gasteiger partial charge in [-0.1, -0.05) is 60.7 Å². The Morgan fingerprint density at radius 1 is 0.968 bits per heavy atom. The van der Waals surface area contributed by atoms with Crippen molar-refractivity contribution in [1.29, 1.82) is 0 Å². The number of carboxylic acids is 1. The van der Waals surface area contributed by atoms with Crippen LogP contribution in [0.15, 0.2) is 83.3 Å². The number of esters is 1. The van der Waals surface area contributed by atoms with Crippen LogP contribution < -0.4 is 9.84 Å². The maximum Gasteiger partial charge on any atom is 0.342 e. The Hall–Kier alpha value is -4.06. The number of furan rings is 1. The first-order valence-corrected chi connectivity index (χ1v) is 9.80. The van der Waals surface area contributed by atoms with E-state index in [1.807, 2.05) is 30.3 Å². The highest BCUT2D eigenvalue weighted by Gasteiger charge is 2.24. The van der Waals surface area contributed by atoms with Crippen LogP contribution >= 0.6 is 0 Å². The summed E-state index contributed by atoms with van der Waals surface area (Å²) < 4.78 is 16.9. The molecule has 4 aromatic rings. The highest BCUT2D eigenvalue weighted by Crippen LogP contribution is 2.36. The number of rotatable bonds is 7. The first kappa shape index (κ1) is 20.2. The quantitative estimate of drug-likeness (QED) is 0.422. The second kappa shape index (κ2) is 8.75. The van der Waals surface area contributed by atoms with Crippen LogP contribution in [0.5, 0.6) is 5.75 Å². The summed E-state index contributed by atoms with van der Waals surface area (Å²) in [6, 6.07) is 22.5. The van der Waals surface area contributed by atoms with Crippen LogP contribution in [0.4, 0.5) is 0 Å². The van der Waals surface area contributed by atoms with Gasteiger partial charge in [-0.15, -0.1) is 0 Å². The molecule has 0 aliphatic heterocycles. The number of carbonyl (C=O) groups excluding carboxylic acids is 2. The molecule has 6 heteroatoms. The van der Waals surface area contributed by atoms with E-state index in [2.05, 4.69) is 0 Å². The van der Waals surface area contributed by atoms with Gasteiger partial charge >= 0.3 is 5.97 Å². The maximum absolute atomic E-state index is 12.7. The highest BCUT2D eigenvalue weighted by molar-refractivity contribution is 6.09. The average molecular weight is 415 g/mol. The van der Waals surface area contributed by atoms with Gasteiger partial charge in [-0.05, 0) is 30.7 Å². The second-order valence-corrected chi connectivity index (χ2v) is 6.78. The van der Waals surface area contributed by atoms with E-state index in [1.165, 1.54) is 0 Å². The largest absolute Gasteiger partial charge is 0.546 e.